The molecule has 2 N–H and O–H groups in total. The summed E-state index contributed by atoms with van der Waals surface area (Å²) in [6, 6.07) is 0. The summed E-state index contributed by atoms with van der Waals surface area (Å²) in [7, 11) is 0. The number of aliphatic hydroxyl groups excluding tert-OH is 2. The Kier molecular flexibility index (Phi) is 4.91. The Morgan fingerprint density at radius 3 is 2.81 bits per heavy atom. The molecule has 1 saturated heterocycles. The van der Waals surface area contributed by atoms with Crippen molar-refractivity contribution in [3.8, 4) is 0 Å². The van der Waals surface area contributed by atoms with E-state index in [-0.39, 0.29) is 34.7 Å². The van der Waals surface area contributed by atoms with Crippen molar-refractivity contribution in [2.24, 2.45) is 28.6 Å². The molecule has 3 saturated carbocycles. The third-order valence-electron chi connectivity index (χ3n) is 9.37. The fourth-order valence-corrected chi connectivity index (χ4v) is 8.12. The van der Waals surface area contributed by atoms with Gasteiger partial charge in [0.25, 0.3) is 0 Å². The lowest BCUT2D eigenvalue weighted by atomic mass is 9.46. The van der Waals surface area contributed by atoms with E-state index < -0.39 is 36.1 Å². The summed E-state index contributed by atoms with van der Waals surface area (Å²) in [4.78, 5) is 25.2. The average Bonchev–Trinajstić information content (AvgIpc) is 3.20. The molecule has 0 aromatic rings. The number of aliphatic hydroxyl groups is 2. The molecule has 0 radical (unpaired) electrons. The molecule has 31 heavy (non-hydrogen) atoms. The van der Waals surface area contributed by atoms with Crippen LogP contribution in [0.3, 0.4) is 0 Å². The zero-order valence-electron chi connectivity index (χ0n) is 18.7. The Bertz CT molecular complexity index is 862. The van der Waals surface area contributed by atoms with Crippen LogP contribution in [0, 0.1) is 28.6 Å². The van der Waals surface area contributed by atoms with Gasteiger partial charge in [-0.1, -0.05) is 38.8 Å². The molecule has 4 aliphatic carbocycles. The number of hydrogen-bond acceptors (Lipinski definition) is 6. The first-order valence-electron chi connectivity index (χ1n) is 11.8. The molecular formula is C25H34O6. The van der Waals surface area contributed by atoms with E-state index in [4.69, 9.17) is 9.47 Å². The Morgan fingerprint density at radius 1 is 1.32 bits per heavy atom. The molecule has 6 heteroatoms. The second kappa shape index (κ2) is 7.08. The summed E-state index contributed by atoms with van der Waals surface area (Å²) in [5.41, 5.74) is -1.05. The fourth-order valence-electron chi connectivity index (χ4n) is 8.12. The number of ether oxygens (including phenoxy) is 2. The van der Waals surface area contributed by atoms with Gasteiger partial charge in [0.2, 0.25) is 0 Å². The molecule has 170 valence electrons. The van der Waals surface area contributed by atoms with Gasteiger partial charge in [0, 0.05) is 16.7 Å². The molecule has 9 atom stereocenters. The second-order valence-electron chi connectivity index (χ2n) is 10.7. The predicted molar refractivity (Wildman–Crippen MR) is 113 cm³/mol. The third-order valence-corrected chi connectivity index (χ3v) is 9.37. The van der Waals surface area contributed by atoms with E-state index in [0.717, 1.165) is 24.8 Å². The van der Waals surface area contributed by atoms with Crippen LogP contribution in [0.1, 0.15) is 59.3 Å². The van der Waals surface area contributed by atoms with Gasteiger partial charge < -0.3 is 19.7 Å². The highest BCUT2D eigenvalue weighted by atomic mass is 16.7. The summed E-state index contributed by atoms with van der Waals surface area (Å²) in [6.45, 7) is 5.67. The van der Waals surface area contributed by atoms with Crippen molar-refractivity contribution in [2.75, 3.05) is 6.61 Å². The van der Waals surface area contributed by atoms with Gasteiger partial charge in [0.05, 0.1) is 12.2 Å². The Morgan fingerprint density at radius 2 is 2.10 bits per heavy atom. The summed E-state index contributed by atoms with van der Waals surface area (Å²) in [5, 5.41) is 21.4. The number of ketones is 2. The molecule has 1 aliphatic heterocycles. The highest BCUT2D eigenvalue weighted by Gasteiger charge is 2.75. The first kappa shape index (κ1) is 21.5. The van der Waals surface area contributed by atoms with Gasteiger partial charge in [-0.2, -0.15) is 0 Å². The van der Waals surface area contributed by atoms with Gasteiger partial charge in [-0.3, -0.25) is 9.59 Å². The summed E-state index contributed by atoms with van der Waals surface area (Å²) >= 11 is 0. The smallest absolute Gasteiger partial charge is 0.193 e. The predicted octanol–water partition coefficient (Wildman–Crippen LogP) is 2.72. The largest absolute Gasteiger partial charge is 0.393 e. The topological polar surface area (TPSA) is 93.1 Å². The van der Waals surface area contributed by atoms with E-state index in [1.165, 1.54) is 0 Å². The van der Waals surface area contributed by atoms with E-state index in [1.807, 2.05) is 6.08 Å². The summed E-state index contributed by atoms with van der Waals surface area (Å²) < 4.78 is 12.7. The lowest BCUT2D eigenvalue weighted by Gasteiger charge is -2.59. The maximum atomic E-state index is 13.2. The maximum absolute atomic E-state index is 13.2. The minimum Gasteiger partial charge on any atom is -0.393 e. The van der Waals surface area contributed by atoms with Gasteiger partial charge >= 0.3 is 0 Å². The molecular weight excluding hydrogens is 396 g/mol. The molecule has 0 bridgehead atoms. The second-order valence-corrected chi connectivity index (χ2v) is 10.7. The maximum Gasteiger partial charge on any atom is 0.193 e. The standard InChI is InChI=1S/C25H34O6/c1-4-5-21-30-20-11-17-16-7-6-14-10-15(27)8-9-23(14,2)22(16)18(28)12-24(17,3)25(20,31-21)19(29)13-26/h8-10,16-18,20-22,26,28H,4-7,11-13H2,1-3H3/t16-,17?,18-,20?,21?,22?,23-,24-,25?/m0/s1. The van der Waals surface area contributed by atoms with Crippen LogP contribution in [-0.4, -0.2) is 52.5 Å². The molecule has 5 rings (SSSR count). The van der Waals surface area contributed by atoms with Crippen molar-refractivity contribution in [3.63, 3.8) is 0 Å². The van der Waals surface area contributed by atoms with Crippen LogP contribution in [-0.2, 0) is 19.1 Å². The van der Waals surface area contributed by atoms with Crippen LogP contribution >= 0.6 is 0 Å². The molecule has 6 nitrogen and oxygen atoms in total. The molecule has 5 unspecified atom stereocenters. The zero-order valence-corrected chi connectivity index (χ0v) is 18.7. The van der Waals surface area contributed by atoms with Crippen LogP contribution in [0.2, 0.25) is 0 Å². The van der Waals surface area contributed by atoms with Crippen molar-refractivity contribution in [2.45, 2.75) is 83.4 Å². The number of fused-ring (bicyclic) bond motifs is 7. The molecule has 1 heterocycles. The Hall–Kier alpha value is -1.34. The molecule has 0 aromatic heterocycles. The van der Waals surface area contributed by atoms with Gasteiger partial charge in [-0.25, -0.2) is 0 Å². The SMILES string of the molecule is CCCC1OC2CC3[C@@H]4CCC5=CC(=O)C=C[C@]5(C)C4[C@@H](O)C[C@]3(C)C2(C(=O)CO)O1. The fraction of sp³-hybridized carbons (Fsp3) is 0.760. The monoisotopic (exact) mass is 430 g/mol. The lowest BCUT2D eigenvalue weighted by molar-refractivity contribution is -0.200. The molecule has 0 aromatic carbocycles. The Balaban J connectivity index is 1.55. The first-order valence-corrected chi connectivity index (χ1v) is 11.8. The number of Topliss-reactive ketones (excluding diaryl/α,β-unsaturated/α-hetero) is 1. The van der Waals surface area contributed by atoms with Crippen LogP contribution in [0.4, 0.5) is 0 Å². The molecule has 0 amide bonds. The van der Waals surface area contributed by atoms with E-state index in [0.29, 0.717) is 19.3 Å². The molecule has 4 fully saturated rings. The number of rotatable bonds is 4. The van der Waals surface area contributed by atoms with Crippen LogP contribution < -0.4 is 0 Å². The minimum absolute atomic E-state index is 0.0125. The van der Waals surface area contributed by atoms with E-state index in [9.17, 15) is 19.8 Å². The number of hydrogen-bond donors (Lipinski definition) is 2. The number of carbonyl (C=O) groups is 2. The number of carbonyl (C=O) groups excluding carboxylic acids is 2. The average molecular weight is 431 g/mol. The van der Waals surface area contributed by atoms with Gasteiger partial charge in [0.15, 0.2) is 23.5 Å². The summed E-state index contributed by atoms with van der Waals surface area (Å²) in [5.74, 6) is 0.0274. The Labute approximate surface area is 183 Å². The van der Waals surface area contributed by atoms with Crippen molar-refractivity contribution in [1.29, 1.82) is 0 Å². The quantitative estimate of drug-likeness (QED) is 0.712. The van der Waals surface area contributed by atoms with Crippen LogP contribution in [0.15, 0.2) is 23.8 Å². The van der Waals surface area contributed by atoms with E-state index >= 15 is 0 Å². The highest BCUT2D eigenvalue weighted by molar-refractivity contribution is 6.01. The first-order chi connectivity index (χ1) is 14.7. The zero-order chi connectivity index (χ0) is 22.2. The molecule has 0 spiro atoms. The van der Waals surface area contributed by atoms with Gasteiger partial charge in [-0.15, -0.1) is 0 Å². The minimum atomic E-state index is -1.20. The van der Waals surface area contributed by atoms with Crippen molar-refractivity contribution >= 4 is 11.6 Å². The van der Waals surface area contributed by atoms with E-state index in [1.54, 1.807) is 12.2 Å². The van der Waals surface area contributed by atoms with Crippen molar-refractivity contribution < 1.29 is 29.3 Å². The van der Waals surface area contributed by atoms with Gasteiger partial charge in [-0.05, 0) is 56.1 Å². The highest BCUT2D eigenvalue weighted by Crippen LogP contribution is 2.69. The lowest BCUT2D eigenvalue weighted by Crippen LogP contribution is -2.63. The summed E-state index contributed by atoms with van der Waals surface area (Å²) in [6.07, 6.45) is 8.31. The van der Waals surface area contributed by atoms with Crippen LogP contribution in [0.5, 0.6) is 0 Å². The molecule has 5 aliphatic rings. The van der Waals surface area contributed by atoms with E-state index in [2.05, 4.69) is 20.8 Å². The third kappa shape index (κ3) is 2.65. The van der Waals surface area contributed by atoms with Crippen LogP contribution in [0.25, 0.3) is 0 Å². The normalized spacial score (nSPS) is 50.4. The number of allylic oxidation sites excluding steroid dienone is 4. The van der Waals surface area contributed by atoms with Gasteiger partial charge in [0.1, 0.15) is 6.61 Å². The van der Waals surface area contributed by atoms with Crippen molar-refractivity contribution in [1.82, 2.24) is 0 Å². The van der Waals surface area contributed by atoms with Crippen molar-refractivity contribution in [3.05, 3.63) is 23.8 Å².